The fourth-order valence-corrected chi connectivity index (χ4v) is 2.90. The summed E-state index contributed by atoms with van der Waals surface area (Å²) < 4.78 is 5.29. The molecule has 0 bridgehead atoms. The number of unbranched alkanes of at least 4 members (excludes halogenated alkanes) is 1. The van der Waals surface area contributed by atoms with Gasteiger partial charge < -0.3 is 15.0 Å². The first kappa shape index (κ1) is 22.4. The lowest BCUT2D eigenvalue weighted by Crippen LogP contribution is -2.58. The molecule has 1 aliphatic rings. The Morgan fingerprint density at radius 1 is 1.31 bits per heavy atom. The highest BCUT2D eigenvalue weighted by Crippen LogP contribution is 2.23. The first-order valence-corrected chi connectivity index (χ1v) is 9.28. The second-order valence-electron chi connectivity index (χ2n) is 7.81. The molecule has 0 spiro atoms. The van der Waals surface area contributed by atoms with Crippen molar-refractivity contribution in [3.8, 4) is 0 Å². The summed E-state index contributed by atoms with van der Waals surface area (Å²) in [4.78, 5) is 38.1. The van der Waals surface area contributed by atoms with Crippen LogP contribution in [0.3, 0.4) is 0 Å². The topological polar surface area (TPSA) is 99.2 Å². The molecule has 1 aliphatic heterocycles. The summed E-state index contributed by atoms with van der Waals surface area (Å²) in [5.41, 5.74) is -0.468. The number of morpholine rings is 1. The number of carbonyl (C=O) groups is 3. The largest absolute Gasteiger partial charge is 0.378 e. The van der Waals surface area contributed by atoms with Crippen molar-refractivity contribution < 1.29 is 24.3 Å². The van der Waals surface area contributed by atoms with Crippen LogP contribution in [0.5, 0.6) is 0 Å². The fraction of sp³-hybridized carbons (Fsp3) is 0.833. The molecular formula is C18H33N3O5. The van der Waals surface area contributed by atoms with Crippen molar-refractivity contribution in [3.63, 3.8) is 0 Å². The Kier molecular flexibility index (Phi) is 9.01. The van der Waals surface area contributed by atoms with Crippen molar-refractivity contribution >= 4 is 18.2 Å². The molecule has 0 aromatic carbocycles. The Morgan fingerprint density at radius 2 is 1.92 bits per heavy atom. The van der Waals surface area contributed by atoms with Gasteiger partial charge in [-0.2, -0.15) is 0 Å². The molecule has 3 amide bonds. The quantitative estimate of drug-likeness (QED) is 0.358. The average molecular weight is 371 g/mol. The first-order valence-electron chi connectivity index (χ1n) is 9.28. The third-order valence-electron chi connectivity index (χ3n) is 4.53. The molecule has 2 N–H and O–H groups in total. The number of hydrogen-bond donors (Lipinski definition) is 2. The van der Waals surface area contributed by atoms with E-state index in [4.69, 9.17) is 4.74 Å². The maximum atomic E-state index is 12.9. The Morgan fingerprint density at radius 3 is 2.42 bits per heavy atom. The van der Waals surface area contributed by atoms with Gasteiger partial charge in [0.05, 0.1) is 25.7 Å². The van der Waals surface area contributed by atoms with Gasteiger partial charge in [-0.3, -0.25) is 19.6 Å². The van der Waals surface area contributed by atoms with E-state index in [0.29, 0.717) is 37.8 Å². The van der Waals surface area contributed by atoms with Gasteiger partial charge in [0.25, 0.3) is 0 Å². The maximum Gasteiger partial charge on any atom is 0.245 e. The molecule has 0 radical (unpaired) electrons. The molecule has 0 aromatic rings. The molecule has 0 aliphatic carbocycles. The molecule has 1 rings (SSSR count). The molecule has 8 heteroatoms. The van der Waals surface area contributed by atoms with E-state index >= 15 is 0 Å². The summed E-state index contributed by atoms with van der Waals surface area (Å²) >= 11 is 0. The highest BCUT2D eigenvalue weighted by Gasteiger charge is 2.37. The molecule has 8 nitrogen and oxygen atoms in total. The van der Waals surface area contributed by atoms with Gasteiger partial charge in [-0.25, -0.2) is 5.06 Å². The summed E-state index contributed by atoms with van der Waals surface area (Å²) in [7, 11) is 0. The van der Waals surface area contributed by atoms with Crippen molar-refractivity contribution in [1.29, 1.82) is 0 Å². The van der Waals surface area contributed by atoms with E-state index in [1.54, 1.807) is 4.90 Å². The number of hydroxylamine groups is 2. The van der Waals surface area contributed by atoms with Crippen LogP contribution in [-0.2, 0) is 19.1 Å². The van der Waals surface area contributed by atoms with Gasteiger partial charge in [-0.05, 0) is 11.8 Å². The second kappa shape index (κ2) is 10.5. The Labute approximate surface area is 155 Å². The maximum absolute atomic E-state index is 12.9. The molecule has 1 unspecified atom stereocenters. The SMILES string of the molecule is CCCC[C@H](CN(O)C=O)C(=O)NC(C(=O)N1CCOCC1)C(C)(C)C. The van der Waals surface area contributed by atoms with Crippen LogP contribution < -0.4 is 5.32 Å². The van der Waals surface area contributed by atoms with Crippen LogP contribution in [0.1, 0.15) is 47.0 Å². The van der Waals surface area contributed by atoms with E-state index in [2.05, 4.69) is 5.32 Å². The first-order chi connectivity index (χ1) is 12.2. The van der Waals surface area contributed by atoms with Gasteiger partial charge in [0.1, 0.15) is 6.04 Å². The lowest BCUT2D eigenvalue weighted by atomic mass is 9.85. The van der Waals surface area contributed by atoms with Crippen molar-refractivity contribution in [2.45, 2.75) is 53.0 Å². The minimum atomic E-state index is -0.680. The summed E-state index contributed by atoms with van der Waals surface area (Å²) in [5, 5.41) is 12.8. The zero-order valence-corrected chi connectivity index (χ0v) is 16.4. The number of carbonyl (C=O) groups excluding carboxylic acids is 3. The van der Waals surface area contributed by atoms with Gasteiger partial charge >= 0.3 is 0 Å². The lowest BCUT2D eigenvalue weighted by molar-refractivity contribution is -0.155. The summed E-state index contributed by atoms with van der Waals surface area (Å²) in [6, 6.07) is -0.680. The van der Waals surface area contributed by atoms with Crippen molar-refractivity contribution in [1.82, 2.24) is 15.3 Å². The average Bonchev–Trinajstić information content (AvgIpc) is 2.61. The molecule has 150 valence electrons. The molecule has 1 fully saturated rings. The van der Waals surface area contributed by atoms with E-state index < -0.39 is 17.4 Å². The van der Waals surface area contributed by atoms with E-state index in [1.165, 1.54) is 0 Å². The highest BCUT2D eigenvalue weighted by atomic mass is 16.5. The zero-order chi connectivity index (χ0) is 19.7. The van der Waals surface area contributed by atoms with E-state index in [1.807, 2.05) is 27.7 Å². The third-order valence-corrected chi connectivity index (χ3v) is 4.53. The Bertz CT molecular complexity index is 472. The Balaban J connectivity index is 2.87. The number of nitrogens with one attached hydrogen (secondary N) is 1. The van der Waals surface area contributed by atoms with Gasteiger partial charge in [-0.15, -0.1) is 0 Å². The third kappa shape index (κ3) is 6.92. The zero-order valence-electron chi connectivity index (χ0n) is 16.4. The standard InChI is InChI=1S/C18H33N3O5/c1-5-6-7-14(12-21(25)13-22)16(23)19-15(18(2,3)4)17(24)20-8-10-26-11-9-20/h13-15,25H,5-12H2,1-4H3,(H,19,23)/t14-,15?/m1/s1. The minimum absolute atomic E-state index is 0.0854. The van der Waals surface area contributed by atoms with Gasteiger partial charge in [0.15, 0.2) is 0 Å². The minimum Gasteiger partial charge on any atom is -0.378 e. The van der Waals surface area contributed by atoms with Crippen LogP contribution in [-0.4, -0.2) is 72.3 Å². The molecule has 0 aromatic heterocycles. The summed E-state index contributed by atoms with van der Waals surface area (Å²) in [5.74, 6) is -1.01. The van der Waals surface area contributed by atoms with Gasteiger partial charge in [0.2, 0.25) is 18.2 Å². The summed E-state index contributed by atoms with van der Waals surface area (Å²) in [6.07, 6.45) is 2.51. The molecule has 2 atom stereocenters. The van der Waals surface area contributed by atoms with Crippen molar-refractivity contribution in [2.75, 3.05) is 32.8 Å². The van der Waals surface area contributed by atoms with E-state index in [-0.39, 0.29) is 24.8 Å². The van der Waals surface area contributed by atoms with Gasteiger partial charge in [-0.1, -0.05) is 40.5 Å². The predicted molar refractivity (Wildman–Crippen MR) is 96.4 cm³/mol. The Hall–Kier alpha value is -1.67. The highest BCUT2D eigenvalue weighted by molar-refractivity contribution is 5.89. The molecule has 1 heterocycles. The summed E-state index contributed by atoms with van der Waals surface area (Å²) in [6.45, 7) is 9.64. The van der Waals surface area contributed by atoms with Crippen molar-refractivity contribution in [2.24, 2.45) is 11.3 Å². The number of rotatable bonds is 9. The van der Waals surface area contributed by atoms with Crippen LogP contribution in [0.15, 0.2) is 0 Å². The number of ether oxygens (including phenoxy) is 1. The molecule has 26 heavy (non-hydrogen) atoms. The predicted octanol–water partition coefficient (Wildman–Crippen LogP) is 1.03. The van der Waals surface area contributed by atoms with Crippen LogP contribution in [0, 0.1) is 11.3 Å². The molecule has 0 saturated carbocycles. The van der Waals surface area contributed by atoms with Crippen LogP contribution in [0.4, 0.5) is 0 Å². The normalized spacial score (nSPS) is 17.3. The van der Waals surface area contributed by atoms with Crippen molar-refractivity contribution in [3.05, 3.63) is 0 Å². The van der Waals surface area contributed by atoms with E-state index in [9.17, 15) is 19.6 Å². The smallest absolute Gasteiger partial charge is 0.245 e. The van der Waals surface area contributed by atoms with Crippen LogP contribution >= 0.6 is 0 Å². The number of amides is 3. The van der Waals surface area contributed by atoms with Crippen LogP contribution in [0.25, 0.3) is 0 Å². The molecular weight excluding hydrogens is 338 g/mol. The fourth-order valence-electron chi connectivity index (χ4n) is 2.90. The molecule has 1 saturated heterocycles. The number of hydrogen-bond acceptors (Lipinski definition) is 5. The van der Waals surface area contributed by atoms with Crippen LogP contribution in [0.2, 0.25) is 0 Å². The van der Waals surface area contributed by atoms with E-state index in [0.717, 1.165) is 12.8 Å². The second-order valence-corrected chi connectivity index (χ2v) is 7.81. The lowest BCUT2D eigenvalue weighted by Gasteiger charge is -2.37. The monoisotopic (exact) mass is 371 g/mol. The number of nitrogens with zero attached hydrogens (tertiary/aromatic N) is 2. The van der Waals surface area contributed by atoms with Gasteiger partial charge in [0, 0.05) is 13.1 Å².